The van der Waals surface area contributed by atoms with Crippen LogP contribution in [0.1, 0.15) is 101 Å². The van der Waals surface area contributed by atoms with Crippen LogP contribution >= 0.6 is 0 Å². The second-order valence-corrected chi connectivity index (χ2v) is 16.7. The molecule has 0 amide bonds. The topological polar surface area (TPSA) is 175 Å². The number of aliphatic hydroxyl groups excluding tert-OH is 6. The Balaban J connectivity index is 1.54. The lowest BCUT2D eigenvalue weighted by Crippen LogP contribution is -2.63. The quantitative estimate of drug-likeness (QED) is 0.146. The molecule has 300 valence electrons. The molecule has 0 bridgehead atoms. The lowest BCUT2D eigenvalue weighted by molar-refractivity contribution is -0.354. The average molecular weight is 747 g/mol. The molecule has 2 heterocycles. The molecule has 0 aromatic heterocycles. The number of carbonyl (C=O) groups is 1. The van der Waals surface area contributed by atoms with Crippen molar-refractivity contribution in [1.29, 1.82) is 0 Å². The third kappa shape index (κ3) is 9.86. The summed E-state index contributed by atoms with van der Waals surface area (Å²) >= 11 is 0. The molecule has 4 aliphatic rings. The number of rotatable bonds is 13. The van der Waals surface area contributed by atoms with Gasteiger partial charge >= 0.3 is 0 Å². The van der Waals surface area contributed by atoms with Crippen molar-refractivity contribution in [2.75, 3.05) is 0 Å². The number of allylic oxidation sites excluding steroid dienone is 5. The Morgan fingerprint density at radius 3 is 2.09 bits per heavy atom. The minimum absolute atomic E-state index is 0.104. The van der Waals surface area contributed by atoms with Crippen LogP contribution in [0.2, 0.25) is 0 Å². The lowest BCUT2D eigenvalue weighted by Gasteiger charge is -2.46. The van der Waals surface area contributed by atoms with Crippen molar-refractivity contribution in [1.82, 2.24) is 0 Å². The zero-order chi connectivity index (χ0) is 39.5. The Hall–Kier alpha value is -2.03. The number of aliphatic hydroxyl groups is 6. The molecule has 0 aromatic rings. The fourth-order valence-electron chi connectivity index (χ4n) is 8.41. The minimum atomic E-state index is -1.59. The second kappa shape index (κ2) is 18.3. The maximum atomic E-state index is 14.3. The summed E-state index contributed by atoms with van der Waals surface area (Å²) in [4.78, 5) is 14.3. The van der Waals surface area contributed by atoms with Crippen LogP contribution in [0.15, 0.2) is 58.7 Å². The molecule has 11 nitrogen and oxygen atoms in total. The van der Waals surface area contributed by atoms with E-state index in [9.17, 15) is 35.4 Å². The van der Waals surface area contributed by atoms with E-state index in [1.165, 1.54) is 6.92 Å². The first-order valence-electron chi connectivity index (χ1n) is 19.3. The molecule has 0 spiro atoms. The van der Waals surface area contributed by atoms with Gasteiger partial charge in [-0.3, -0.25) is 4.79 Å². The van der Waals surface area contributed by atoms with Gasteiger partial charge in [0.1, 0.15) is 42.4 Å². The van der Waals surface area contributed by atoms with Gasteiger partial charge in [0.05, 0.1) is 24.4 Å². The van der Waals surface area contributed by atoms with Crippen LogP contribution in [0.5, 0.6) is 0 Å². The van der Waals surface area contributed by atoms with Gasteiger partial charge in [-0.15, -0.1) is 0 Å². The molecule has 2 saturated carbocycles. The second-order valence-electron chi connectivity index (χ2n) is 16.7. The van der Waals surface area contributed by atoms with Gasteiger partial charge in [0.15, 0.2) is 12.6 Å². The number of hydrogen-bond donors (Lipinski definition) is 6. The Labute approximate surface area is 316 Å². The summed E-state index contributed by atoms with van der Waals surface area (Å²) in [5.41, 5.74) is 4.43. The highest BCUT2D eigenvalue weighted by Crippen LogP contribution is 2.56. The molecule has 6 N–H and O–H groups in total. The van der Waals surface area contributed by atoms with E-state index in [-0.39, 0.29) is 17.6 Å². The molecule has 2 aliphatic carbocycles. The molecule has 16 atom stereocenters. The number of ether oxygens (including phenoxy) is 4. The summed E-state index contributed by atoms with van der Waals surface area (Å²) in [6.07, 6.45) is -1.80. The summed E-state index contributed by atoms with van der Waals surface area (Å²) < 4.78 is 23.9. The van der Waals surface area contributed by atoms with Crippen LogP contribution < -0.4 is 0 Å². The molecular weight excluding hydrogens is 680 g/mol. The van der Waals surface area contributed by atoms with Gasteiger partial charge in [-0.2, -0.15) is 0 Å². The third-order valence-electron chi connectivity index (χ3n) is 12.0. The maximum Gasteiger partial charge on any atom is 0.187 e. The van der Waals surface area contributed by atoms with Crippen LogP contribution in [0.3, 0.4) is 0 Å². The fourth-order valence-corrected chi connectivity index (χ4v) is 8.41. The SMILES string of the molecule is C=C1C(CC=C(C)C(CC=C(C)C)OC2OC(C)C(OC3OC(C)C(O)C(O)C3O)C(O)C2O)C(C=C(C)C(O)CC=C(C)C)C(=O)C2(C)CCCC12. The highest BCUT2D eigenvalue weighted by Gasteiger charge is 2.55. The summed E-state index contributed by atoms with van der Waals surface area (Å²) in [6.45, 7) is 21.6. The minimum Gasteiger partial charge on any atom is -0.388 e. The number of ketones is 1. The van der Waals surface area contributed by atoms with Gasteiger partial charge in [-0.1, -0.05) is 60.9 Å². The monoisotopic (exact) mass is 746 g/mol. The first-order valence-corrected chi connectivity index (χ1v) is 19.3. The van der Waals surface area contributed by atoms with Crippen LogP contribution in [0, 0.1) is 23.2 Å². The van der Waals surface area contributed by atoms with E-state index in [1.54, 1.807) is 6.92 Å². The van der Waals surface area contributed by atoms with Gasteiger partial charge < -0.3 is 49.6 Å². The van der Waals surface area contributed by atoms with E-state index >= 15 is 0 Å². The van der Waals surface area contributed by atoms with Crippen molar-refractivity contribution in [2.24, 2.45) is 23.2 Å². The van der Waals surface area contributed by atoms with Crippen molar-refractivity contribution >= 4 is 5.78 Å². The molecule has 2 saturated heterocycles. The van der Waals surface area contributed by atoms with Crippen LogP contribution in [-0.4, -0.2) is 110 Å². The summed E-state index contributed by atoms with van der Waals surface area (Å²) in [6, 6.07) is 0. The molecule has 4 fully saturated rings. The molecule has 16 unspecified atom stereocenters. The van der Waals surface area contributed by atoms with Crippen molar-refractivity contribution in [2.45, 2.75) is 174 Å². The van der Waals surface area contributed by atoms with Gasteiger partial charge in [0, 0.05) is 11.3 Å². The van der Waals surface area contributed by atoms with E-state index in [2.05, 4.69) is 19.6 Å². The molecule has 4 rings (SSSR count). The first-order chi connectivity index (χ1) is 24.8. The number of Topliss-reactive ketones (excluding diaryl/α,β-unsaturated/α-hetero) is 1. The first kappa shape index (κ1) is 43.7. The molecule has 53 heavy (non-hydrogen) atoms. The Morgan fingerprint density at radius 1 is 0.849 bits per heavy atom. The lowest BCUT2D eigenvalue weighted by atomic mass is 9.57. The smallest absolute Gasteiger partial charge is 0.187 e. The zero-order valence-electron chi connectivity index (χ0n) is 33.1. The highest BCUT2D eigenvalue weighted by atomic mass is 16.7. The van der Waals surface area contributed by atoms with Gasteiger partial charge in [0.2, 0.25) is 0 Å². The molecule has 0 radical (unpaired) electrons. The van der Waals surface area contributed by atoms with Crippen molar-refractivity contribution < 1.29 is 54.4 Å². The van der Waals surface area contributed by atoms with E-state index in [1.807, 2.05) is 59.8 Å². The third-order valence-corrected chi connectivity index (χ3v) is 12.0. The van der Waals surface area contributed by atoms with Crippen molar-refractivity contribution in [3.63, 3.8) is 0 Å². The van der Waals surface area contributed by atoms with Gasteiger partial charge in [-0.05, 0) is 110 Å². The van der Waals surface area contributed by atoms with Gasteiger partial charge in [-0.25, -0.2) is 0 Å². The number of hydrogen-bond acceptors (Lipinski definition) is 11. The number of fused-ring (bicyclic) bond motifs is 1. The van der Waals surface area contributed by atoms with Crippen LogP contribution in [0.25, 0.3) is 0 Å². The van der Waals surface area contributed by atoms with Crippen molar-refractivity contribution in [3.8, 4) is 0 Å². The van der Waals surface area contributed by atoms with Crippen LogP contribution in [-0.2, 0) is 23.7 Å². The highest BCUT2D eigenvalue weighted by molar-refractivity contribution is 5.91. The zero-order valence-corrected chi connectivity index (χ0v) is 33.1. The van der Waals surface area contributed by atoms with E-state index in [0.29, 0.717) is 19.3 Å². The van der Waals surface area contributed by atoms with Crippen molar-refractivity contribution in [3.05, 3.63) is 58.7 Å². The summed E-state index contributed by atoms with van der Waals surface area (Å²) in [5, 5.41) is 64.1. The van der Waals surface area contributed by atoms with Gasteiger partial charge in [0.25, 0.3) is 0 Å². The molecular formula is C42H66O11. The molecule has 11 heteroatoms. The van der Waals surface area contributed by atoms with E-state index in [0.717, 1.165) is 47.1 Å². The Morgan fingerprint density at radius 2 is 1.45 bits per heavy atom. The van der Waals surface area contributed by atoms with E-state index in [4.69, 9.17) is 18.9 Å². The van der Waals surface area contributed by atoms with E-state index < -0.39 is 85.0 Å². The summed E-state index contributed by atoms with van der Waals surface area (Å²) in [5.74, 6) is -0.286. The summed E-state index contributed by atoms with van der Waals surface area (Å²) in [7, 11) is 0. The molecule has 0 aromatic carbocycles. The molecule has 2 aliphatic heterocycles. The largest absolute Gasteiger partial charge is 0.388 e. The number of carbonyl (C=O) groups excluding carboxylic acids is 1. The Kier molecular flexibility index (Phi) is 15.1. The maximum absolute atomic E-state index is 14.3. The Bertz CT molecular complexity index is 1410. The average Bonchev–Trinajstić information content (AvgIpc) is 3.51. The standard InChI is InChI=1S/C42H66O11/c1-21(2)13-17-31(43)24(6)20-29-28(25(7)30-12-11-19-42(30,10)39(29)49)16-15-23(5)32(18-14-22(3)4)52-40-37(48)35(46)38(27(9)51-40)53-41-36(47)34(45)33(44)26(8)50-41/h13-15,20,26-38,40-41,43-48H,7,11-12,16-19H2,1-6,8-10H3. The van der Waals surface area contributed by atoms with Crippen LogP contribution in [0.4, 0.5) is 0 Å². The fraction of sp³-hybridized carbons (Fsp3) is 0.738. The predicted molar refractivity (Wildman–Crippen MR) is 201 cm³/mol. The predicted octanol–water partition coefficient (Wildman–Crippen LogP) is 4.58. The normalized spacial score (nSPS) is 40.8.